The maximum atomic E-state index is 12.2. The molecule has 6 heteroatoms. The van der Waals surface area contributed by atoms with Crippen LogP contribution in [0, 0.1) is 0 Å². The van der Waals surface area contributed by atoms with E-state index < -0.39 is 6.43 Å². The number of halogens is 2. The van der Waals surface area contributed by atoms with E-state index >= 15 is 0 Å². The van der Waals surface area contributed by atoms with Crippen molar-refractivity contribution in [1.29, 1.82) is 0 Å². The van der Waals surface area contributed by atoms with Gasteiger partial charge in [0.15, 0.2) is 0 Å². The number of rotatable bonds is 10. The molecule has 0 atom stereocenters. The van der Waals surface area contributed by atoms with Crippen LogP contribution in [0.5, 0.6) is 0 Å². The number of amides is 1. The predicted octanol–water partition coefficient (Wildman–Crippen LogP) is 1.19. The van der Waals surface area contributed by atoms with E-state index in [4.69, 9.17) is 5.11 Å². The summed E-state index contributed by atoms with van der Waals surface area (Å²) in [6.07, 6.45) is -1.50. The average molecular weight is 266 g/mol. The molecule has 0 aliphatic heterocycles. The fourth-order valence-electron chi connectivity index (χ4n) is 1.82. The van der Waals surface area contributed by atoms with Crippen LogP contribution in [0.4, 0.5) is 8.78 Å². The van der Waals surface area contributed by atoms with Crippen LogP contribution < -0.4 is 0 Å². The van der Waals surface area contributed by atoms with Gasteiger partial charge in [0, 0.05) is 26.1 Å². The molecule has 18 heavy (non-hydrogen) atoms. The van der Waals surface area contributed by atoms with Gasteiger partial charge < -0.3 is 10.0 Å². The van der Waals surface area contributed by atoms with Gasteiger partial charge in [-0.3, -0.25) is 9.69 Å². The SMILES string of the molecule is CCN(CC)C(=O)CCCN(CCO)CC(F)F. The number of nitrogens with zero attached hydrogens (tertiary/aromatic N) is 2. The zero-order chi connectivity index (χ0) is 14.0. The summed E-state index contributed by atoms with van der Waals surface area (Å²) in [5, 5.41) is 8.76. The number of aliphatic hydroxyl groups excluding tert-OH is 1. The highest BCUT2D eigenvalue weighted by Crippen LogP contribution is 2.03. The van der Waals surface area contributed by atoms with E-state index in [0.717, 1.165) is 0 Å². The van der Waals surface area contributed by atoms with Gasteiger partial charge in [0.1, 0.15) is 0 Å². The van der Waals surface area contributed by atoms with Crippen LogP contribution in [0.25, 0.3) is 0 Å². The van der Waals surface area contributed by atoms with E-state index in [1.807, 2.05) is 13.8 Å². The number of alkyl halides is 2. The summed E-state index contributed by atoms with van der Waals surface area (Å²) in [5.74, 6) is 0.0565. The van der Waals surface area contributed by atoms with E-state index in [0.29, 0.717) is 32.5 Å². The first kappa shape index (κ1) is 17.2. The summed E-state index contributed by atoms with van der Waals surface area (Å²) in [6.45, 7) is 5.32. The third-order valence-corrected chi connectivity index (χ3v) is 2.79. The van der Waals surface area contributed by atoms with Gasteiger partial charge in [0.2, 0.25) is 5.91 Å². The fraction of sp³-hybridized carbons (Fsp3) is 0.917. The van der Waals surface area contributed by atoms with Gasteiger partial charge in [0.05, 0.1) is 13.2 Å². The molecular weight excluding hydrogens is 242 g/mol. The lowest BCUT2D eigenvalue weighted by Gasteiger charge is -2.22. The van der Waals surface area contributed by atoms with E-state index in [1.54, 1.807) is 4.90 Å². The molecule has 0 rings (SSSR count). The molecule has 108 valence electrons. The molecule has 0 saturated carbocycles. The summed E-state index contributed by atoms with van der Waals surface area (Å²) in [5.41, 5.74) is 0. The molecule has 1 N–H and O–H groups in total. The Balaban J connectivity index is 3.93. The van der Waals surface area contributed by atoms with Crippen molar-refractivity contribution in [3.8, 4) is 0 Å². The van der Waals surface area contributed by atoms with Crippen LogP contribution in [0.3, 0.4) is 0 Å². The molecule has 0 unspecified atom stereocenters. The molecule has 0 aliphatic carbocycles. The Morgan fingerprint density at radius 1 is 1.22 bits per heavy atom. The smallest absolute Gasteiger partial charge is 0.251 e. The maximum absolute atomic E-state index is 12.2. The standard InChI is InChI=1S/C12H24F2N2O2/c1-3-16(4-2)12(18)6-5-7-15(8-9-17)10-11(13)14/h11,17H,3-10H2,1-2H3. The van der Waals surface area contributed by atoms with Gasteiger partial charge in [-0.25, -0.2) is 8.78 Å². The van der Waals surface area contributed by atoms with Gasteiger partial charge in [-0.2, -0.15) is 0 Å². The lowest BCUT2D eigenvalue weighted by Crippen LogP contribution is -2.34. The lowest BCUT2D eigenvalue weighted by molar-refractivity contribution is -0.131. The molecule has 0 aliphatic rings. The van der Waals surface area contributed by atoms with Crippen LogP contribution in [0.2, 0.25) is 0 Å². The van der Waals surface area contributed by atoms with Crippen molar-refractivity contribution in [2.24, 2.45) is 0 Å². The van der Waals surface area contributed by atoms with Crippen LogP contribution in [-0.2, 0) is 4.79 Å². The minimum Gasteiger partial charge on any atom is -0.395 e. The van der Waals surface area contributed by atoms with Gasteiger partial charge in [-0.05, 0) is 26.8 Å². The third-order valence-electron chi connectivity index (χ3n) is 2.79. The van der Waals surface area contributed by atoms with Crippen molar-refractivity contribution in [2.45, 2.75) is 33.1 Å². The molecular formula is C12H24F2N2O2. The van der Waals surface area contributed by atoms with Crippen LogP contribution in [0.1, 0.15) is 26.7 Å². The van der Waals surface area contributed by atoms with E-state index in [2.05, 4.69) is 0 Å². The molecule has 1 amide bonds. The highest BCUT2D eigenvalue weighted by Gasteiger charge is 2.13. The highest BCUT2D eigenvalue weighted by molar-refractivity contribution is 5.76. The summed E-state index contributed by atoms with van der Waals surface area (Å²) in [4.78, 5) is 14.9. The number of hydrogen-bond donors (Lipinski definition) is 1. The summed E-state index contributed by atoms with van der Waals surface area (Å²) in [6, 6.07) is 0. The van der Waals surface area contributed by atoms with Gasteiger partial charge in [-0.1, -0.05) is 0 Å². The Morgan fingerprint density at radius 2 is 1.83 bits per heavy atom. The van der Waals surface area contributed by atoms with Crippen LogP contribution >= 0.6 is 0 Å². The maximum Gasteiger partial charge on any atom is 0.251 e. The summed E-state index contributed by atoms with van der Waals surface area (Å²) in [7, 11) is 0. The molecule has 0 heterocycles. The van der Waals surface area contributed by atoms with Gasteiger partial charge in [-0.15, -0.1) is 0 Å². The second kappa shape index (κ2) is 10.2. The Bertz CT molecular complexity index is 224. The zero-order valence-electron chi connectivity index (χ0n) is 11.2. The van der Waals surface area contributed by atoms with Crippen molar-refractivity contribution in [1.82, 2.24) is 9.80 Å². The molecule has 4 nitrogen and oxygen atoms in total. The first-order valence-electron chi connectivity index (χ1n) is 6.44. The quantitative estimate of drug-likeness (QED) is 0.646. The van der Waals surface area contributed by atoms with Crippen molar-refractivity contribution in [3.05, 3.63) is 0 Å². The van der Waals surface area contributed by atoms with Crippen molar-refractivity contribution in [2.75, 3.05) is 39.3 Å². The fourth-order valence-corrected chi connectivity index (χ4v) is 1.82. The number of carbonyl (C=O) groups is 1. The van der Waals surface area contributed by atoms with E-state index in [9.17, 15) is 13.6 Å². The van der Waals surface area contributed by atoms with Crippen LogP contribution in [-0.4, -0.2) is 66.6 Å². The van der Waals surface area contributed by atoms with Crippen molar-refractivity contribution >= 4 is 5.91 Å². The third kappa shape index (κ3) is 7.55. The lowest BCUT2D eigenvalue weighted by atomic mass is 10.2. The zero-order valence-corrected chi connectivity index (χ0v) is 11.2. The minimum absolute atomic E-state index is 0.0565. The summed E-state index contributed by atoms with van der Waals surface area (Å²) >= 11 is 0. The second-order valence-corrected chi connectivity index (χ2v) is 4.08. The Labute approximate surface area is 108 Å². The van der Waals surface area contributed by atoms with Gasteiger partial charge >= 0.3 is 0 Å². The highest BCUT2D eigenvalue weighted by atomic mass is 19.3. The first-order chi connectivity index (χ1) is 8.54. The largest absolute Gasteiger partial charge is 0.395 e. The predicted molar refractivity (Wildman–Crippen MR) is 66.7 cm³/mol. The van der Waals surface area contributed by atoms with E-state index in [-0.39, 0.29) is 25.6 Å². The molecule has 0 spiro atoms. The van der Waals surface area contributed by atoms with Crippen molar-refractivity contribution in [3.63, 3.8) is 0 Å². The molecule has 0 aromatic carbocycles. The second-order valence-electron chi connectivity index (χ2n) is 4.08. The Morgan fingerprint density at radius 3 is 2.28 bits per heavy atom. The Hall–Kier alpha value is -0.750. The monoisotopic (exact) mass is 266 g/mol. The number of hydrogen-bond acceptors (Lipinski definition) is 3. The average Bonchev–Trinajstić information content (AvgIpc) is 2.30. The van der Waals surface area contributed by atoms with Crippen molar-refractivity contribution < 1.29 is 18.7 Å². The normalized spacial score (nSPS) is 11.3. The van der Waals surface area contributed by atoms with Gasteiger partial charge in [0.25, 0.3) is 6.43 Å². The first-order valence-corrected chi connectivity index (χ1v) is 6.44. The number of carbonyl (C=O) groups excluding carboxylic acids is 1. The minimum atomic E-state index is -2.41. The Kier molecular flexibility index (Phi) is 9.77. The molecule has 0 fully saturated rings. The molecule has 0 bridgehead atoms. The molecule has 0 aromatic rings. The molecule has 0 aromatic heterocycles. The van der Waals surface area contributed by atoms with E-state index in [1.165, 1.54) is 4.90 Å². The molecule has 0 saturated heterocycles. The topological polar surface area (TPSA) is 43.8 Å². The van der Waals surface area contributed by atoms with Crippen LogP contribution in [0.15, 0.2) is 0 Å². The summed E-state index contributed by atoms with van der Waals surface area (Å²) < 4.78 is 24.5. The molecule has 0 radical (unpaired) electrons. The number of aliphatic hydroxyl groups is 1.